The first-order valence-electron chi connectivity index (χ1n) is 14.1. The summed E-state index contributed by atoms with van der Waals surface area (Å²) >= 11 is 6.28. The van der Waals surface area contributed by atoms with Crippen LogP contribution in [0.5, 0.6) is 11.5 Å². The highest BCUT2D eigenvalue weighted by Crippen LogP contribution is 2.37. The molecule has 1 unspecified atom stereocenters. The fraction of sp³-hybridized carbons (Fsp3) is 0.273. The minimum atomic E-state index is -1.15. The number of ether oxygens (including phenoxy) is 3. The van der Waals surface area contributed by atoms with Crippen molar-refractivity contribution in [3.05, 3.63) is 100 Å². The van der Waals surface area contributed by atoms with Crippen molar-refractivity contribution in [3.8, 4) is 11.5 Å². The molecule has 9 nitrogen and oxygen atoms in total. The van der Waals surface area contributed by atoms with Crippen molar-refractivity contribution < 1.29 is 33.7 Å². The second-order valence-corrected chi connectivity index (χ2v) is 12.2. The van der Waals surface area contributed by atoms with Crippen LogP contribution in [0.2, 0.25) is 0 Å². The Morgan fingerprint density at radius 1 is 1.02 bits per heavy atom. The largest absolute Gasteiger partial charge is 0.485 e. The first-order valence-corrected chi connectivity index (χ1v) is 15.3. The Morgan fingerprint density at radius 2 is 1.68 bits per heavy atom. The van der Waals surface area contributed by atoms with Gasteiger partial charge in [-0.1, -0.05) is 90.7 Å². The fourth-order valence-electron chi connectivity index (χ4n) is 5.02. The van der Waals surface area contributed by atoms with Crippen molar-refractivity contribution in [2.24, 2.45) is 0 Å². The van der Waals surface area contributed by atoms with Gasteiger partial charge in [-0.05, 0) is 43.2 Å². The lowest BCUT2D eigenvalue weighted by atomic mass is 10.1. The number of rotatable bonds is 10. The van der Waals surface area contributed by atoms with E-state index in [0.717, 1.165) is 22.2 Å². The van der Waals surface area contributed by atoms with E-state index in [0.29, 0.717) is 35.7 Å². The second kappa shape index (κ2) is 14.1. The molecule has 2 aliphatic heterocycles. The van der Waals surface area contributed by atoms with Crippen molar-refractivity contribution in [3.63, 3.8) is 0 Å². The number of carboxylic acid groups (broad SMARTS) is 1. The number of carbonyl (C=O) groups is 3. The van der Waals surface area contributed by atoms with Gasteiger partial charge in [0.15, 0.2) is 11.5 Å². The van der Waals surface area contributed by atoms with Gasteiger partial charge in [-0.3, -0.25) is 19.3 Å². The molecule has 2 heterocycles. The van der Waals surface area contributed by atoms with Crippen LogP contribution in [0.15, 0.2) is 83.8 Å². The van der Waals surface area contributed by atoms with Gasteiger partial charge in [0.05, 0.1) is 17.1 Å². The van der Waals surface area contributed by atoms with Crippen LogP contribution in [-0.2, 0) is 25.7 Å². The second-order valence-electron chi connectivity index (χ2n) is 10.6. The molecule has 3 aromatic rings. The lowest BCUT2D eigenvalue weighted by molar-refractivity contribution is -0.150. The van der Waals surface area contributed by atoms with Gasteiger partial charge in [-0.25, -0.2) is 0 Å². The maximum absolute atomic E-state index is 14.0. The summed E-state index contributed by atoms with van der Waals surface area (Å²) in [6.45, 7) is 4.50. The zero-order chi connectivity index (χ0) is 31.2. The van der Waals surface area contributed by atoms with Crippen LogP contribution in [0.4, 0.5) is 0 Å². The molecular weight excluding hydrogens is 601 g/mol. The monoisotopic (exact) mass is 632 g/mol. The normalized spacial score (nSPS) is 20.1. The molecule has 3 atom stereocenters. The molecule has 5 rings (SSSR count). The summed E-state index contributed by atoms with van der Waals surface area (Å²) in [6.07, 6.45) is 0.413. The Balaban J connectivity index is 1.49. The van der Waals surface area contributed by atoms with E-state index < -0.39 is 24.5 Å². The molecule has 0 spiro atoms. The Labute approximate surface area is 265 Å². The lowest BCUT2D eigenvalue weighted by Crippen LogP contribution is -2.50. The molecule has 1 N–H and O–H groups in total. The van der Waals surface area contributed by atoms with Crippen LogP contribution in [-0.4, -0.2) is 68.9 Å². The molecule has 228 valence electrons. The molecule has 11 heteroatoms. The molecule has 3 aromatic carbocycles. The van der Waals surface area contributed by atoms with Gasteiger partial charge < -0.3 is 24.2 Å². The summed E-state index contributed by atoms with van der Waals surface area (Å²) in [5, 5.41) is 9.18. The summed E-state index contributed by atoms with van der Waals surface area (Å²) in [6, 6.07) is 24.1. The minimum absolute atomic E-state index is 0.118. The van der Waals surface area contributed by atoms with Gasteiger partial charge in [0.25, 0.3) is 11.8 Å². The molecular formula is C33H32N2O7S2. The summed E-state index contributed by atoms with van der Waals surface area (Å²) in [5.41, 5.74) is 2.23. The fourth-order valence-corrected chi connectivity index (χ4v) is 6.28. The number of hydrogen-bond acceptors (Lipinski definition) is 8. The van der Waals surface area contributed by atoms with E-state index >= 15 is 0 Å². The smallest absolute Gasteiger partial charge is 0.323 e. The average molecular weight is 633 g/mol. The summed E-state index contributed by atoms with van der Waals surface area (Å²) in [4.78, 5) is 41.3. The molecule has 2 saturated heterocycles. The lowest BCUT2D eigenvalue weighted by Gasteiger charge is -2.37. The number of hydrogen-bond donors (Lipinski definition) is 1. The summed E-state index contributed by atoms with van der Waals surface area (Å²) in [5.74, 6) is -1.11. The van der Waals surface area contributed by atoms with Gasteiger partial charge in [-0.2, -0.15) is 0 Å². The molecule has 44 heavy (non-hydrogen) atoms. The zero-order valence-corrected chi connectivity index (χ0v) is 25.9. The predicted octanol–water partition coefficient (Wildman–Crippen LogP) is 5.31. The van der Waals surface area contributed by atoms with Crippen molar-refractivity contribution >= 4 is 52.2 Å². The number of nitrogens with zero attached hydrogens (tertiary/aromatic N) is 2. The van der Waals surface area contributed by atoms with Gasteiger partial charge >= 0.3 is 5.97 Å². The number of carbonyl (C=O) groups excluding carboxylic acids is 2. The number of amides is 2. The molecule has 2 fully saturated rings. The number of thioether (sulfide) groups is 1. The van der Waals surface area contributed by atoms with Crippen molar-refractivity contribution in [2.45, 2.75) is 38.8 Å². The van der Waals surface area contributed by atoms with Crippen LogP contribution >= 0.6 is 24.0 Å². The van der Waals surface area contributed by atoms with E-state index in [4.69, 9.17) is 26.4 Å². The van der Waals surface area contributed by atoms with Crippen molar-refractivity contribution in [1.29, 1.82) is 0 Å². The molecule has 2 aliphatic rings. The van der Waals surface area contributed by atoms with Gasteiger partial charge in [0, 0.05) is 18.7 Å². The number of aliphatic carboxylic acids is 1. The number of morpholine rings is 1. The molecule has 0 saturated carbocycles. The first-order chi connectivity index (χ1) is 21.2. The highest BCUT2D eigenvalue weighted by atomic mass is 32.2. The molecule has 0 aromatic heterocycles. The SMILES string of the molecule is C[C@@H]1CN(C(=O)C(Oc2cc(C=C3SC(=S)N(CC(=O)O)C3=O)ccc2OCc2ccccc2)c2ccccc2)C[C@H](C)O1. The Kier molecular flexibility index (Phi) is 9.99. The molecule has 0 radical (unpaired) electrons. The van der Waals surface area contributed by atoms with Crippen LogP contribution < -0.4 is 9.47 Å². The molecule has 0 aliphatic carbocycles. The third-order valence-corrected chi connectivity index (χ3v) is 8.35. The van der Waals surface area contributed by atoms with Crippen LogP contribution in [0.1, 0.15) is 36.6 Å². The Hall–Kier alpha value is -4.19. The average Bonchev–Trinajstić information content (AvgIpc) is 3.26. The quantitative estimate of drug-likeness (QED) is 0.235. The minimum Gasteiger partial charge on any atom is -0.485 e. The molecule has 0 bridgehead atoms. The zero-order valence-electron chi connectivity index (χ0n) is 24.3. The van der Waals surface area contributed by atoms with Gasteiger partial charge in [-0.15, -0.1) is 0 Å². The standard InChI is InChI=1S/C33H32N2O7S2/c1-21-17-34(18-22(2)41-21)32(39)30(25-11-7-4-8-12-25)42-27-15-24(13-14-26(27)40-20-23-9-5-3-6-10-23)16-28-31(38)35(19-29(36)37)33(43)44-28/h3-16,21-22,30H,17-20H2,1-2H3,(H,36,37)/t21-,22+,30?. The summed E-state index contributed by atoms with van der Waals surface area (Å²) in [7, 11) is 0. The predicted molar refractivity (Wildman–Crippen MR) is 171 cm³/mol. The Bertz CT molecular complexity index is 1550. The third kappa shape index (κ3) is 7.65. The van der Waals surface area contributed by atoms with Gasteiger partial charge in [0.2, 0.25) is 6.10 Å². The van der Waals surface area contributed by atoms with E-state index in [-0.39, 0.29) is 33.9 Å². The van der Waals surface area contributed by atoms with Gasteiger partial charge in [0.1, 0.15) is 17.5 Å². The topological polar surface area (TPSA) is 106 Å². The maximum atomic E-state index is 14.0. The first kappa shape index (κ1) is 31.2. The van der Waals surface area contributed by atoms with E-state index in [1.807, 2.05) is 74.5 Å². The van der Waals surface area contributed by atoms with E-state index in [1.54, 1.807) is 29.2 Å². The van der Waals surface area contributed by atoms with Crippen LogP contribution in [0.25, 0.3) is 6.08 Å². The van der Waals surface area contributed by atoms with E-state index in [2.05, 4.69) is 0 Å². The van der Waals surface area contributed by atoms with E-state index in [1.165, 1.54) is 0 Å². The number of carboxylic acids is 1. The highest BCUT2D eigenvalue weighted by Gasteiger charge is 2.35. The summed E-state index contributed by atoms with van der Waals surface area (Å²) < 4.78 is 18.8. The van der Waals surface area contributed by atoms with Crippen molar-refractivity contribution in [2.75, 3.05) is 19.6 Å². The van der Waals surface area contributed by atoms with Crippen LogP contribution in [0, 0.1) is 0 Å². The third-order valence-electron chi connectivity index (χ3n) is 6.97. The maximum Gasteiger partial charge on any atom is 0.323 e. The molecule has 2 amide bonds. The number of benzene rings is 3. The van der Waals surface area contributed by atoms with Crippen molar-refractivity contribution in [1.82, 2.24) is 9.80 Å². The highest BCUT2D eigenvalue weighted by molar-refractivity contribution is 8.26. The Morgan fingerprint density at radius 3 is 2.34 bits per heavy atom. The van der Waals surface area contributed by atoms with Crippen LogP contribution in [0.3, 0.4) is 0 Å². The number of thiocarbonyl (C=S) groups is 1. The van der Waals surface area contributed by atoms with E-state index in [9.17, 15) is 19.5 Å².